The topological polar surface area (TPSA) is 160 Å². The van der Waals surface area contributed by atoms with Crippen LogP contribution in [0, 0.1) is 0 Å². The van der Waals surface area contributed by atoms with Crippen LogP contribution in [0.15, 0.2) is 70.5 Å². The number of aliphatic hydroxyl groups is 1. The first-order valence-electron chi connectivity index (χ1n) is 14.1. The third-order valence-electron chi connectivity index (χ3n) is 7.93. The zero-order valence-corrected chi connectivity index (χ0v) is 26.4. The molecule has 3 aromatic rings. The van der Waals surface area contributed by atoms with E-state index in [0.29, 0.717) is 44.8 Å². The van der Waals surface area contributed by atoms with E-state index in [4.69, 9.17) is 15.2 Å². The molecule has 234 valence electrons. The van der Waals surface area contributed by atoms with E-state index in [1.807, 2.05) is 18.2 Å². The third-order valence-corrected chi connectivity index (χ3v) is 12.4. The highest BCUT2D eigenvalue weighted by Crippen LogP contribution is 2.38. The molecule has 3 heterocycles. The lowest BCUT2D eigenvalue weighted by Gasteiger charge is -2.38. The van der Waals surface area contributed by atoms with Gasteiger partial charge < -0.3 is 25.6 Å². The smallest absolute Gasteiger partial charge is 0.243 e. The molecule has 5 rings (SSSR count). The predicted octanol–water partition coefficient (Wildman–Crippen LogP) is 2.12. The molecule has 2 atom stereocenters. The Kier molecular flexibility index (Phi) is 9.90. The van der Waals surface area contributed by atoms with E-state index in [-0.39, 0.29) is 29.0 Å². The molecule has 2 unspecified atom stereocenters. The largest absolute Gasteiger partial charge is 0.491 e. The van der Waals surface area contributed by atoms with E-state index in [0.717, 1.165) is 21.7 Å². The highest BCUT2D eigenvalue weighted by atomic mass is 32.2. The summed E-state index contributed by atoms with van der Waals surface area (Å²) in [6.07, 6.45) is 1.08. The second-order valence-corrected chi connectivity index (χ2v) is 15.8. The molecule has 2 saturated heterocycles. The molecule has 0 saturated carbocycles. The fraction of sp³-hybridized carbons (Fsp3) is 0.448. The van der Waals surface area contributed by atoms with Gasteiger partial charge in [-0.05, 0) is 68.3 Å². The van der Waals surface area contributed by atoms with Crippen LogP contribution in [0.3, 0.4) is 0 Å². The van der Waals surface area contributed by atoms with Gasteiger partial charge in [-0.3, -0.25) is 0 Å². The molecule has 11 nitrogen and oxygen atoms in total. The third kappa shape index (κ3) is 7.47. The van der Waals surface area contributed by atoms with Crippen molar-refractivity contribution in [1.82, 2.24) is 14.3 Å². The summed E-state index contributed by atoms with van der Waals surface area (Å²) >= 11 is 1.56. The van der Waals surface area contributed by atoms with Crippen LogP contribution in [-0.4, -0.2) is 83.9 Å². The highest BCUT2D eigenvalue weighted by Gasteiger charge is 2.44. The van der Waals surface area contributed by atoms with Gasteiger partial charge in [0.2, 0.25) is 20.0 Å². The van der Waals surface area contributed by atoms with Crippen molar-refractivity contribution >= 4 is 31.4 Å². The summed E-state index contributed by atoms with van der Waals surface area (Å²) in [7, 11) is -5.91. The Labute approximate surface area is 257 Å². The molecule has 2 aliphatic rings. The first kappa shape index (κ1) is 32.0. The molecular weight excluding hydrogens is 613 g/mol. The first-order valence-corrected chi connectivity index (χ1v) is 17.9. The van der Waals surface area contributed by atoms with Gasteiger partial charge in [-0.1, -0.05) is 18.2 Å². The van der Waals surface area contributed by atoms with E-state index >= 15 is 0 Å². The van der Waals surface area contributed by atoms with Crippen LogP contribution >= 0.6 is 11.3 Å². The number of hydrogen-bond donors (Lipinski definition) is 4. The number of nitrogens with zero attached hydrogens (tertiary/aromatic N) is 1. The lowest BCUT2D eigenvalue weighted by atomic mass is 9.88. The standard InChI is InChI=1S/C29H38N4O7S3/c1-31-42(35,36)26-6-3-5-24(15-26)39-20-23(34)18-32-22-16-29(40-19-22)10-12-33(13-11-29)43(37,38)27-7-2-4-21(14-27)28-9-8-25(17-30)41-28/h2-9,14-15,22-23,31-32,34H,10-13,16-20,30H2,1H3. The summed E-state index contributed by atoms with van der Waals surface area (Å²) in [5.74, 6) is 0.347. The predicted molar refractivity (Wildman–Crippen MR) is 165 cm³/mol. The maximum atomic E-state index is 13.5. The Morgan fingerprint density at radius 2 is 1.84 bits per heavy atom. The first-order chi connectivity index (χ1) is 20.5. The SMILES string of the molecule is CNS(=O)(=O)c1cccc(OCC(O)CNC2COC3(CCN(S(=O)(=O)c4cccc(-c5ccc(CN)s5)c4)CC3)C2)c1. The van der Waals surface area contributed by atoms with Gasteiger partial charge in [0.05, 0.1) is 22.0 Å². The molecule has 2 fully saturated rings. The van der Waals surface area contributed by atoms with Crippen LogP contribution in [0.25, 0.3) is 10.4 Å². The van der Waals surface area contributed by atoms with Crippen molar-refractivity contribution in [1.29, 1.82) is 0 Å². The summed E-state index contributed by atoms with van der Waals surface area (Å²) in [6, 6.07) is 17.1. The van der Waals surface area contributed by atoms with Gasteiger partial charge in [0.1, 0.15) is 18.5 Å². The summed E-state index contributed by atoms with van der Waals surface area (Å²) in [6.45, 7) is 1.92. The summed E-state index contributed by atoms with van der Waals surface area (Å²) in [4.78, 5) is 2.39. The van der Waals surface area contributed by atoms with E-state index in [9.17, 15) is 21.9 Å². The zero-order chi connectivity index (χ0) is 30.7. The molecule has 0 amide bonds. The zero-order valence-electron chi connectivity index (χ0n) is 23.9. The number of piperidine rings is 1. The van der Waals surface area contributed by atoms with Gasteiger partial charge in [-0.25, -0.2) is 21.6 Å². The van der Waals surface area contributed by atoms with Crippen LogP contribution < -0.4 is 20.5 Å². The van der Waals surface area contributed by atoms with Crippen LogP contribution in [0.5, 0.6) is 5.75 Å². The Bertz CT molecular complexity index is 1620. The van der Waals surface area contributed by atoms with Gasteiger partial charge in [-0.15, -0.1) is 11.3 Å². The second-order valence-electron chi connectivity index (χ2n) is 10.9. The van der Waals surface area contributed by atoms with Crippen molar-refractivity contribution in [3.05, 3.63) is 65.5 Å². The molecule has 1 spiro atoms. The average Bonchev–Trinajstić information content (AvgIpc) is 3.67. The van der Waals surface area contributed by atoms with Crippen LogP contribution in [0.2, 0.25) is 0 Å². The van der Waals surface area contributed by atoms with Crippen LogP contribution in [0.1, 0.15) is 24.1 Å². The van der Waals surface area contributed by atoms with Crippen molar-refractivity contribution in [2.24, 2.45) is 5.73 Å². The fourth-order valence-electron chi connectivity index (χ4n) is 5.46. The van der Waals surface area contributed by atoms with Gasteiger partial charge in [0.15, 0.2) is 0 Å². The maximum absolute atomic E-state index is 13.5. The maximum Gasteiger partial charge on any atom is 0.243 e. The van der Waals surface area contributed by atoms with Crippen molar-refractivity contribution in [3.63, 3.8) is 0 Å². The van der Waals surface area contributed by atoms with Crippen molar-refractivity contribution in [2.45, 2.75) is 53.3 Å². The number of ether oxygens (including phenoxy) is 2. The molecular formula is C29H38N4O7S3. The molecule has 43 heavy (non-hydrogen) atoms. The van der Waals surface area contributed by atoms with Crippen molar-refractivity contribution < 1.29 is 31.4 Å². The van der Waals surface area contributed by atoms with Gasteiger partial charge in [0.25, 0.3) is 0 Å². The number of sulfonamides is 2. The lowest BCUT2D eigenvalue weighted by molar-refractivity contribution is -0.0312. The number of nitrogens with one attached hydrogen (secondary N) is 2. The average molecular weight is 651 g/mol. The minimum atomic E-state index is -3.66. The Balaban J connectivity index is 1.10. The Hall–Kier alpha value is -2.40. The highest BCUT2D eigenvalue weighted by molar-refractivity contribution is 7.89. The molecule has 0 aliphatic carbocycles. The number of nitrogens with two attached hydrogens (primary N) is 1. The minimum Gasteiger partial charge on any atom is -0.491 e. The Morgan fingerprint density at radius 1 is 1.09 bits per heavy atom. The van der Waals surface area contributed by atoms with Crippen LogP contribution in [-0.2, 0) is 31.3 Å². The molecule has 2 aliphatic heterocycles. The monoisotopic (exact) mass is 650 g/mol. The lowest BCUT2D eigenvalue weighted by Crippen LogP contribution is -2.47. The van der Waals surface area contributed by atoms with E-state index in [2.05, 4.69) is 10.0 Å². The number of benzene rings is 2. The second kappa shape index (κ2) is 13.3. The fourth-order valence-corrected chi connectivity index (χ4v) is 8.60. The molecule has 0 radical (unpaired) electrons. The summed E-state index contributed by atoms with van der Waals surface area (Å²) < 4.78 is 66.6. The van der Waals surface area contributed by atoms with E-state index in [1.54, 1.807) is 46.0 Å². The summed E-state index contributed by atoms with van der Waals surface area (Å²) in [5, 5.41) is 13.8. The van der Waals surface area contributed by atoms with Crippen molar-refractivity contribution in [3.8, 4) is 16.2 Å². The van der Waals surface area contributed by atoms with Gasteiger partial charge >= 0.3 is 0 Å². The van der Waals surface area contributed by atoms with Crippen LogP contribution in [0.4, 0.5) is 0 Å². The van der Waals surface area contributed by atoms with E-state index < -0.39 is 31.8 Å². The molecule has 1 aromatic heterocycles. The van der Waals surface area contributed by atoms with Crippen molar-refractivity contribution in [2.75, 3.05) is 39.9 Å². The molecule has 0 bridgehead atoms. The molecule has 2 aromatic carbocycles. The number of hydrogen-bond acceptors (Lipinski definition) is 10. The number of rotatable bonds is 12. The minimum absolute atomic E-state index is 0.0105. The number of thiophene rings is 1. The summed E-state index contributed by atoms with van der Waals surface area (Å²) in [5.41, 5.74) is 6.19. The quantitative estimate of drug-likeness (QED) is 0.230. The Morgan fingerprint density at radius 3 is 2.56 bits per heavy atom. The van der Waals surface area contributed by atoms with Gasteiger partial charge in [0, 0.05) is 48.0 Å². The molecule has 5 N–H and O–H groups in total. The molecule has 14 heteroatoms. The normalized spacial score (nSPS) is 19.9. The number of aliphatic hydroxyl groups excluding tert-OH is 1. The van der Waals surface area contributed by atoms with E-state index in [1.165, 1.54) is 19.2 Å². The van der Waals surface area contributed by atoms with Gasteiger partial charge in [-0.2, -0.15) is 4.31 Å².